The van der Waals surface area contributed by atoms with Crippen LogP contribution < -0.4 is 10.6 Å². The van der Waals surface area contributed by atoms with Crippen molar-refractivity contribution in [2.75, 3.05) is 23.7 Å². The maximum atomic E-state index is 10.5. The number of carbonyl (C=O) groups is 1. The zero-order valence-corrected chi connectivity index (χ0v) is 8.89. The van der Waals surface area contributed by atoms with E-state index in [0.717, 1.165) is 25.9 Å². The van der Waals surface area contributed by atoms with E-state index in [4.69, 9.17) is 10.8 Å². The van der Waals surface area contributed by atoms with Crippen LogP contribution >= 0.6 is 0 Å². The molecule has 16 heavy (non-hydrogen) atoms. The highest BCUT2D eigenvalue weighted by atomic mass is 16.4. The molecule has 0 amide bonds. The van der Waals surface area contributed by atoms with E-state index in [1.165, 1.54) is 6.20 Å². The Morgan fingerprint density at radius 2 is 2.19 bits per heavy atom. The standard InChI is InChI=1S/C10H14N4O2/c11-9-7(5-8(15)16)6-12-10(13-9)14-3-1-2-4-14/h6H,1-5H2,(H,15,16)(H2,11,12,13). The summed E-state index contributed by atoms with van der Waals surface area (Å²) in [6.45, 7) is 1.88. The molecule has 0 aliphatic carbocycles. The van der Waals surface area contributed by atoms with Gasteiger partial charge < -0.3 is 15.7 Å². The van der Waals surface area contributed by atoms with Crippen LogP contribution in [0.1, 0.15) is 18.4 Å². The highest BCUT2D eigenvalue weighted by Gasteiger charge is 2.16. The highest BCUT2D eigenvalue weighted by Crippen LogP contribution is 2.18. The number of nitrogen functional groups attached to an aromatic ring is 1. The lowest BCUT2D eigenvalue weighted by atomic mass is 10.2. The lowest BCUT2D eigenvalue weighted by Crippen LogP contribution is -2.21. The van der Waals surface area contributed by atoms with Crippen LogP contribution in [0.25, 0.3) is 0 Å². The summed E-state index contributed by atoms with van der Waals surface area (Å²) in [5.74, 6) is -0.0624. The van der Waals surface area contributed by atoms with E-state index in [9.17, 15) is 4.79 Å². The zero-order valence-electron chi connectivity index (χ0n) is 8.89. The number of nitrogens with two attached hydrogens (primary N) is 1. The molecule has 3 N–H and O–H groups in total. The Bertz CT molecular complexity index is 402. The predicted molar refractivity (Wildman–Crippen MR) is 59.2 cm³/mol. The van der Waals surface area contributed by atoms with Gasteiger partial charge in [-0.1, -0.05) is 0 Å². The Hall–Kier alpha value is -1.85. The zero-order chi connectivity index (χ0) is 11.5. The SMILES string of the molecule is Nc1nc(N2CCCC2)ncc1CC(=O)O. The smallest absolute Gasteiger partial charge is 0.308 e. The Labute approximate surface area is 93.1 Å². The number of hydrogen-bond acceptors (Lipinski definition) is 5. The van der Waals surface area contributed by atoms with E-state index >= 15 is 0 Å². The number of rotatable bonds is 3. The summed E-state index contributed by atoms with van der Waals surface area (Å²) in [6.07, 6.45) is 3.65. The average Bonchev–Trinajstić information content (AvgIpc) is 2.73. The number of aliphatic carboxylic acids is 1. The Balaban J connectivity index is 2.18. The van der Waals surface area contributed by atoms with Crippen molar-refractivity contribution in [3.63, 3.8) is 0 Å². The number of carboxylic acid groups (broad SMARTS) is 1. The molecule has 6 nitrogen and oxygen atoms in total. The minimum absolute atomic E-state index is 0.133. The fourth-order valence-electron chi connectivity index (χ4n) is 1.78. The molecule has 6 heteroatoms. The van der Waals surface area contributed by atoms with Crippen LogP contribution in [0.4, 0.5) is 11.8 Å². The Morgan fingerprint density at radius 1 is 1.50 bits per heavy atom. The quantitative estimate of drug-likeness (QED) is 0.763. The molecule has 1 aliphatic heterocycles. The average molecular weight is 222 g/mol. The molecule has 0 radical (unpaired) electrons. The van der Waals surface area contributed by atoms with Crippen molar-refractivity contribution in [1.29, 1.82) is 0 Å². The molecule has 0 bridgehead atoms. The minimum atomic E-state index is -0.927. The van der Waals surface area contributed by atoms with Crippen LogP contribution in [0.3, 0.4) is 0 Å². The van der Waals surface area contributed by atoms with E-state index < -0.39 is 5.97 Å². The third-order valence-electron chi connectivity index (χ3n) is 2.62. The summed E-state index contributed by atoms with van der Waals surface area (Å²) < 4.78 is 0. The number of hydrogen-bond donors (Lipinski definition) is 2. The third-order valence-corrected chi connectivity index (χ3v) is 2.62. The second-order valence-corrected chi connectivity index (χ2v) is 3.85. The van der Waals surface area contributed by atoms with Crippen molar-refractivity contribution >= 4 is 17.7 Å². The number of nitrogens with zero attached hydrogens (tertiary/aromatic N) is 3. The first-order valence-corrected chi connectivity index (χ1v) is 5.25. The van der Waals surface area contributed by atoms with Crippen molar-refractivity contribution in [3.8, 4) is 0 Å². The van der Waals surface area contributed by atoms with Gasteiger partial charge in [0.15, 0.2) is 0 Å². The van der Waals surface area contributed by atoms with Crippen molar-refractivity contribution in [3.05, 3.63) is 11.8 Å². The first-order valence-electron chi connectivity index (χ1n) is 5.25. The van der Waals surface area contributed by atoms with Crippen molar-refractivity contribution in [1.82, 2.24) is 9.97 Å². The van der Waals surface area contributed by atoms with Gasteiger partial charge in [-0.2, -0.15) is 4.98 Å². The van der Waals surface area contributed by atoms with Gasteiger partial charge in [0.05, 0.1) is 6.42 Å². The number of carboxylic acids is 1. The first kappa shape index (κ1) is 10.7. The molecule has 0 saturated carbocycles. The van der Waals surface area contributed by atoms with Crippen LogP contribution in [0, 0.1) is 0 Å². The minimum Gasteiger partial charge on any atom is -0.481 e. The molecule has 0 atom stereocenters. The number of anilines is 2. The lowest BCUT2D eigenvalue weighted by molar-refractivity contribution is -0.136. The van der Waals surface area contributed by atoms with E-state index in [2.05, 4.69) is 14.9 Å². The van der Waals surface area contributed by atoms with Gasteiger partial charge in [0.1, 0.15) is 5.82 Å². The molecule has 2 rings (SSSR count). The van der Waals surface area contributed by atoms with Gasteiger partial charge in [-0.15, -0.1) is 0 Å². The van der Waals surface area contributed by atoms with Crippen molar-refractivity contribution in [2.24, 2.45) is 0 Å². The molecule has 1 fully saturated rings. The third kappa shape index (κ3) is 2.21. The van der Waals surface area contributed by atoms with Crippen LogP contribution in [-0.4, -0.2) is 34.1 Å². The molecule has 1 aliphatic rings. The normalized spacial score (nSPS) is 15.4. The van der Waals surface area contributed by atoms with Crippen molar-refractivity contribution < 1.29 is 9.90 Å². The molecule has 1 aromatic rings. The summed E-state index contributed by atoms with van der Waals surface area (Å²) in [7, 11) is 0. The molecule has 86 valence electrons. The van der Waals surface area contributed by atoms with Crippen LogP contribution in [0.5, 0.6) is 0 Å². The van der Waals surface area contributed by atoms with Crippen LogP contribution in [0.2, 0.25) is 0 Å². The fraction of sp³-hybridized carbons (Fsp3) is 0.500. The molecule has 0 spiro atoms. The van der Waals surface area contributed by atoms with E-state index in [0.29, 0.717) is 11.5 Å². The van der Waals surface area contributed by atoms with E-state index in [1.807, 2.05) is 0 Å². The summed E-state index contributed by atoms with van der Waals surface area (Å²) in [6, 6.07) is 0. The summed E-state index contributed by atoms with van der Waals surface area (Å²) in [5, 5.41) is 8.65. The van der Waals surface area contributed by atoms with Crippen LogP contribution in [0.15, 0.2) is 6.20 Å². The maximum absolute atomic E-state index is 10.5. The van der Waals surface area contributed by atoms with E-state index in [-0.39, 0.29) is 12.2 Å². The second kappa shape index (κ2) is 4.34. The van der Waals surface area contributed by atoms with Gasteiger partial charge in [0, 0.05) is 24.8 Å². The molecular formula is C10H14N4O2. The van der Waals surface area contributed by atoms with Gasteiger partial charge in [-0.25, -0.2) is 4.98 Å². The highest BCUT2D eigenvalue weighted by molar-refractivity contribution is 5.72. The lowest BCUT2D eigenvalue weighted by Gasteiger charge is -2.15. The maximum Gasteiger partial charge on any atom is 0.308 e. The summed E-state index contributed by atoms with van der Waals surface area (Å²) >= 11 is 0. The van der Waals surface area contributed by atoms with Gasteiger partial charge in [0.2, 0.25) is 5.95 Å². The number of aromatic nitrogens is 2. The Morgan fingerprint density at radius 3 is 2.75 bits per heavy atom. The van der Waals surface area contributed by atoms with Crippen LogP contribution in [-0.2, 0) is 11.2 Å². The first-order chi connectivity index (χ1) is 7.66. The van der Waals surface area contributed by atoms with Gasteiger partial charge in [-0.05, 0) is 12.8 Å². The van der Waals surface area contributed by atoms with Gasteiger partial charge in [0.25, 0.3) is 0 Å². The second-order valence-electron chi connectivity index (χ2n) is 3.85. The van der Waals surface area contributed by atoms with Gasteiger partial charge >= 0.3 is 5.97 Å². The molecule has 0 aromatic carbocycles. The van der Waals surface area contributed by atoms with Crippen molar-refractivity contribution in [2.45, 2.75) is 19.3 Å². The molecule has 1 saturated heterocycles. The fourth-order valence-corrected chi connectivity index (χ4v) is 1.78. The predicted octanol–water partition coefficient (Wildman–Crippen LogP) is 0.286. The molecule has 0 unspecified atom stereocenters. The summed E-state index contributed by atoms with van der Waals surface area (Å²) in [4.78, 5) is 20.9. The molecular weight excluding hydrogens is 208 g/mol. The van der Waals surface area contributed by atoms with Gasteiger partial charge in [-0.3, -0.25) is 4.79 Å². The largest absolute Gasteiger partial charge is 0.481 e. The Kier molecular flexibility index (Phi) is 2.89. The molecule has 1 aromatic heterocycles. The monoisotopic (exact) mass is 222 g/mol. The summed E-state index contributed by atoms with van der Waals surface area (Å²) in [5.41, 5.74) is 6.16. The molecule has 2 heterocycles. The van der Waals surface area contributed by atoms with E-state index in [1.54, 1.807) is 0 Å². The topological polar surface area (TPSA) is 92.3 Å².